The lowest BCUT2D eigenvalue weighted by Crippen LogP contribution is -1.81. The summed E-state index contributed by atoms with van der Waals surface area (Å²) in [5.41, 5.74) is 0.686. The number of thiophene rings is 1. The first-order valence-corrected chi connectivity index (χ1v) is 6.74. The summed E-state index contributed by atoms with van der Waals surface area (Å²) in [7, 11) is 0. The van der Waals surface area contributed by atoms with Crippen molar-refractivity contribution in [2.45, 2.75) is 9.10 Å². The molecule has 1 heterocycles. The summed E-state index contributed by atoms with van der Waals surface area (Å²) in [6.07, 6.45) is 0.851. The lowest BCUT2D eigenvalue weighted by molar-refractivity contribution is 0.112. The molecule has 2 aromatic rings. The van der Waals surface area contributed by atoms with Gasteiger partial charge in [-0.25, -0.2) is 0 Å². The van der Waals surface area contributed by atoms with E-state index in [0.717, 1.165) is 15.7 Å². The fourth-order valence-electron chi connectivity index (χ4n) is 1.10. The van der Waals surface area contributed by atoms with Crippen LogP contribution in [0.15, 0.2) is 49.3 Å². The number of aldehydes is 1. The molecule has 0 aliphatic rings. The number of hydrogen-bond acceptors (Lipinski definition) is 3. The Morgan fingerprint density at radius 3 is 2.80 bits per heavy atom. The summed E-state index contributed by atoms with van der Waals surface area (Å²) in [6, 6.07) is 9.86. The minimum Gasteiger partial charge on any atom is -0.298 e. The van der Waals surface area contributed by atoms with Crippen LogP contribution >= 0.6 is 39.0 Å². The van der Waals surface area contributed by atoms with E-state index in [1.807, 2.05) is 24.3 Å². The van der Waals surface area contributed by atoms with Crippen LogP contribution in [0.25, 0.3) is 0 Å². The van der Waals surface area contributed by atoms with Crippen LogP contribution in [0.1, 0.15) is 10.4 Å². The Bertz CT molecular complexity index is 465. The van der Waals surface area contributed by atoms with Crippen molar-refractivity contribution in [1.82, 2.24) is 0 Å². The molecule has 0 bridgehead atoms. The normalized spacial score (nSPS) is 10.2. The van der Waals surface area contributed by atoms with Gasteiger partial charge in [0.25, 0.3) is 0 Å². The largest absolute Gasteiger partial charge is 0.298 e. The molecule has 0 fully saturated rings. The molecule has 0 N–H and O–H groups in total. The predicted octanol–water partition coefficient (Wildman–Crippen LogP) is 4.47. The molecular formula is C11H7BrOS2. The predicted molar refractivity (Wildman–Crippen MR) is 68.0 cm³/mol. The number of carbonyl (C=O) groups is 1. The van der Waals surface area contributed by atoms with Gasteiger partial charge in [-0.15, -0.1) is 11.3 Å². The number of carbonyl (C=O) groups excluding carboxylic acids is 1. The molecule has 0 aliphatic carbocycles. The highest BCUT2D eigenvalue weighted by Crippen LogP contribution is 2.33. The van der Waals surface area contributed by atoms with Crippen molar-refractivity contribution in [1.29, 1.82) is 0 Å². The molecule has 1 aromatic carbocycles. The van der Waals surface area contributed by atoms with E-state index in [0.29, 0.717) is 5.56 Å². The fourth-order valence-corrected chi connectivity index (χ4v) is 3.52. The Hall–Kier alpha value is -0.580. The van der Waals surface area contributed by atoms with E-state index in [-0.39, 0.29) is 0 Å². The third-order valence-corrected chi connectivity index (χ3v) is 4.53. The SMILES string of the molecule is O=Cc1ccc(Sc2cccs2)cc1Br. The van der Waals surface area contributed by atoms with Crippen molar-refractivity contribution in [3.8, 4) is 0 Å². The van der Waals surface area contributed by atoms with E-state index >= 15 is 0 Å². The lowest BCUT2D eigenvalue weighted by atomic mass is 10.2. The van der Waals surface area contributed by atoms with Gasteiger partial charge in [0.05, 0.1) is 4.21 Å². The van der Waals surface area contributed by atoms with Gasteiger partial charge in [0.15, 0.2) is 6.29 Å². The molecule has 0 atom stereocenters. The Morgan fingerprint density at radius 2 is 2.20 bits per heavy atom. The van der Waals surface area contributed by atoms with Crippen LogP contribution in [0.3, 0.4) is 0 Å². The van der Waals surface area contributed by atoms with Crippen molar-refractivity contribution < 1.29 is 4.79 Å². The van der Waals surface area contributed by atoms with Gasteiger partial charge in [0, 0.05) is 14.9 Å². The zero-order chi connectivity index (χ0) is 10.7. The Balaban J connectivity index is 2.23. The average molecular weight is 299 g/mol. The molecule has 0 saturated heterocycles. The molecular weight excluding hydrogens is 292 g/mol. The molecule has 0 saturated carbocycles. The van der Waals surface area contributed by atoms with Gasteiger partial charge in [-0.3, -0.25) is 4.79 Å². The van der Waals surface area contributed by atoms with Crippen LogP contribution in [0, 0.1) is 0 Å². The van der Waals surface area contributed by atoms with Crippen LogP contribution in [0.2, 0.25) is 0 Å². The van der Waals surface area contributed by atoms with Gasteiger partial charge in [-0.2, -0.15) is 0 Å². The minimum atomic E-state index is 0.686. The van der Waals surface area contributed by atoms with E-state index in [4.69, 9.17) is 0 Å². The molecule has 0 unspecified atom stereocenters. The molecule has 0 radical (unpaired) electrons. The van der Waals surface area contributed by atoms with Gasteiger partial charge in [0.2, 0.25) is 0 Å². The van der Waals surface area contributed by atoms with Crippen molar-refractivity contribution in [3.63, 3.8) is 0 Å². The zero-order valence-electron chi connectivity index (χ0n) is 7.64. The molecule has 0 aliphatic heterocycles. The van der Waals surface area contributed by atoms with Gasteiger partial charge in [0.1, 0.15) is 0 Å². The Kier molecular flexibility index (Phi) is 3.61. The maximum Gasteiger partial charge on any atom is 0.151 e. The molecule has 2 rings (SSSR count). The first-order valence-electron chi connectivity index (χ1n) is 4.25. The van der Waals surface area contributed by atoms with E-state index in [1.54, 1.807) is 23.1 Å². The molecule has 76 valence electrons. The van der Waals surface area contributed by atoms with Gasteiger partial charge in [-0.05, 0) is 29.6 Å². The first-order chi connectivity index (χ1) is 7.29. The quantitative estimate of drug-likeness (QED) is 0.778. The lowest BCUT2D eigenvalue weighted by Gasteiger charge is -2.01. The van der Waals surface area contributed by atoms with Gasteiger partial charge in [-0.1, -0.05) is 33.8 Å². The van der Waals surface area contributed by atoms with Gasteiger partial charge >= 0.3 is 0 Å². The number of halogens is 1. The maximum absolute atomic E-state index is 10.6. The van der Waals surface area contributed by atoms with Gasteiger partial charge < -0.3 is 0 Å². The van der Waals surface area contributed by atoms with Crippen molar-refractivity contribution in [2.75, 3.05) is 0 Å². The molecule has 15 heavy (non-hydrogen) atoms. The Morgan fingerprint density at radius 1 is 1.33 bits per heavy atom. The summed E-state index contributed by atoms with van der Waals surface area (Å²) in [6.45, 7) is 0. The topological polar surface area (TPSA) is 17.1 Å². The highest BCUT2D eigenvalue weighted by atomic mass is 79.9. The van der Waals surface area contributed by atoms with Crippen molar-refractivity contribution in [3.05, 3.63) is 45.7 Å². The second kappa shape index (κ2) is 4.96. The van der Waals surface area contributed by atoms with Crippen molar-refractivity contribution in [2.24, 2.45) is 0 Å². The molecule has 1 nitrogen and oxygen atoms in total. The summed E-state index contributed by atoms with van der Waals surface area (Å²) in [4.78, 5) is 11.8. The summed E-state index contributed by atoms with van der Waals surface area (Å²) < 4.78 is 2.10. The second-order valence-corrected chi connectivity index (χ2v) is 6.01. The summed E-state index contributed by atoms with van der Waals surface area (Å²) >= 11 is 6.78. The average Bonchev–Trinajstić information content (AvgIpc) is 2.71. The Labute approximate surface area is 105 Å². The summed E-state index contributed by atoms with van der Waals surface area (Å²) in [5, 5.41) is 2.05. The number of benzene rings is 1. The van der Waals surface area contributed by atoms with Crippen LogP contribution in [-0.2, 0) is 0 Å². The highest BCUT2D eigenvalue weighted by molar-refractivity contribution is 9.10. The second-order valence-electron chi connectivity index (χ2n) is 2.84. The molecule has 1 aromatic heterocycles. The van der Waals surface area contributed by atoms with Crippen molar-refractivity contribution >= 4 is 45.3 Å². The fraction of sp³-hybridized carbons (Fsp3) is 0. The maximum atomic E-state index is 10.6. The molecule has 0 amide bonds. The van der Waals surface area contributed by atoms with Crippen LogP contribution in [-0.4, -0.2) is 6.29 Å². The number of rotatable bonds is 3. The monoisotopic (exact) mass is 298 g/mol. The van der Waals surface area contributed by atoms with E-state index in [2.05, 4.69) is 27.4 Å². The third-order valence-electron chi connectivity index (χ3n) is 1.81. The van der Waals surface area contributed by atoms with E-state index in [9.17, 15) is 4.79 Å². The first kappa shape index (κ1) is 10.9. The smallest absolute Gasteiger partial charge is 0.151 e. The van der Waals surface area contributed by atoms with E-state index in [1.165, 1.54) is 4.21 Å². The minimum absolute atomic E-state index is 0.686. The number of hydrogen-bond donors (Lipinski definition) is 0. The standard InChI is InChI=1S/C11H7BrOS2/c12-10-6-9(4-3-8(10)7-13)15-11-2-1-5-14-11/h1-7H. The summed E-state index contributed by atoms with van der Waals surface area (Å²) in [5.74, 6) is 0. The molecule has 4 heteroatoms. The van der Waals surface area contributed by atoms with E-state index < -0.39 is 0 Å². The highest BCUT2D eigenvalue weighted by Gasteiger charge is 2.02. The molecule has 0 spiro atoms. The third kappa shape index (κ3) is 2.71. The zero-order valence-corrected chi connectivity index (χ0v) is 10.9. The van der Waals surface area contributed by atoms with Crippen LogP contribution in [0.4, 0.5) is 0 Å². The van der Waals surface area contributed by atoms with Crippen LogP contribution in [0.5, 0.6) is 0 Å². The van der Waals surface area contributed by atoms with Crippen LogP contribution < -0.4 is 0 Å².